The molecule has 0 saturated heterocycles. The number of aryl methyl sites for hydroxylation is 1. The van der Waals surface area contributed by atoms with Gasteiger partial charge in [0.1, 0.15) is 18.1 Å². The first kappa shape index (κ1) is 20.7. The highest BCUT2D eigenvalue weighted by atomic mass is 35.5. The molecule has 0 atom stereocenters. The summed E-state index contributed by atoms with van der Waals surface area (Å²) in [6, 6.07) is 26.4. The molecule has 0 saturated carbocycles. The van der Waals surface area contributed by atoms with Crippen molar-refractivity contribution in [3.63, 3.8) is 0 Å². The minimum atomic E-state index is -0.253. The second-order valence-electron chi connectivity index (χ2n) is 7.02. The zero-order chi connectivity index (χ0) is 21.6. The van der Waals surface area contributed by atoms with Crippen LogP contribution in [0.5, 0.6) is 5.75 Å². The van der Waals surface area contributed by atoms with Gasteiger partial charge in [0, 0.05) is 10.7 Å². The number of nitrogens with zero attached hydrogens (tertiary/aromatic N) is 2. The molecular formula is C25H21ClN2O3. The van der Waals surface area contributed by atoms with Gasteiger partial charge in [-0.25, -0.2) is 0 Å². The van der Waals surface area contributed by atoms with Crippen molar-refractivity contribution in [3.8, 4) is 5.75 Å². The summed E-state index contributed by atoms with van der Waals surface area (Å²) in [5, 5.41) is 4.64. The molecule has 0 radical (unpaired) electrons. The summed E-state index contributed by atoms with van der Waals surface area (Å²) in [4.78, 5) is 15.3. The molecule has 1 aromatic heterocycles. The highest BCUT2D eigenvalue weighted by molar-refractivity contribution is 6.30. The molecule has 0 aliphatic rings. The minimum absolute atomic E-state index is 0.144. The van der Waals surface area contributed by atoms with Crippen LogP contribution in [0.25, 0.3) is 0 Å². The van der Waals surface area contributed by atoms with E-state index in [4.69, 9.17) is 20.9 Å². The van der Waals surface area contributed by atoms with Crippen LogP contribution in [0.1, 0.15) is 27.4 Å². The molecule has 4 rings (SSSR count). The fraction of sp³-hybridized carbons (Fsp3) is 0.120. The van der Waals surface area contributed by atoms with Crippen molar-refractivity contribution in [2.45, 2.75) is 20.1 Å². The number of amides is 1. The molecule has 0 aliphatic heterocycles. The van der Waals surface area contributed by atoms with Crippen LogP contribution in [0.3, 0.4) is 0 Å². The Morgan fingerprint density at radius 2 is 1.71 bits per heavy atom. The number of ether oxygens (including phenoxy) is 1. The van der Waals surface area contributed by atoms with E-state index in [9.17, 15) is 4.79 Å². The Morgan fingerprint density at radius 1 is 1.00 bits per heavy atom. The second kappa shape index (κ2) is 9.49. The van der Waals surface area contributed by atoms with Crippen LogP contribution in [-0.4, -0.2) is 11.1 Å². The molecule has 0 N–H and O–H groups in total. The summed E-state index contributed by atoms with van der Waals surface area (Å²) in [7, 11) is 0. The number of hydrogen-bond acceptors (Lipinski definition) is 4. The van der Waals surface area contributed by atoms with Crippen molar-refractivity contribution >= 4 is 23.2 Å². The quantitative estimate of drug-likeness (QED) is 0.356. The van der Waals surface area contributed by atoms with Crippen molar-refractivity contribution in [1.82, 2.24) is 5.16 Å². The van der Waals surface area contributed by atoms with E-state index in [1.165, 1.54) is 0 Å². The molecule has 5 nitrogen and oxygen atoms in total. The summed E-state index contributed by atoms with van der Waals surface area (Å²) >= 11 is 6.03. The number of halogens is 1. The average Bonchev–Trinajstić information content (AvgIpc) is 3.17. The van der Waals surface area contributed by atoms with Crippen LogP contribution in [-0.2, 0) is 13.2 Å². The summed E-state index contributed by atoms with van der Waals surface area (Å²) in [5.74, 6) is 0.894. The third-order valence-corrected chi connectivity index (χ3v) is 5.10. The van der Waals surface area contributed by atoms with Gasteiger partial charge in [0.05, 0.1) is 12.1 Å². The van der Waals surface area contributed by atoms with E-state index in [1.54, 1.807) is 30.0 Å². The monoisotopic (exact) mass is 432 g/mol. The number of para-hydroxylation sites is 1. The van der Waals surface area contributed by atoms with Crippen molar-refractivity contribution in [2.24, 2.45) is 0 Å². The van der Waals surface area contributed by atoms with Gasteiger partial charge in [-0.15, -0.1) is 0 Å². The molecule has 0 spiro atoms. The van der Waals surface area contributed by atoms with Crippen LogP contribution >= 0.6 is 11.6 Å². The van der Waals surface area contributed by atoms with E-state index in [0.29, 0.717) is 28.6 Å². The van der Waals surface area contributed by atoms with Crippen LogP contribution < -0.4 is 9.64 Å². The Bertz CT molecular complexity index is 1160. The smallest absolute Gasteiger partial charge is 0.281 e. The zero-order valence-electron chi connectivity index (χ0n) is 17.0. The van der Waals surface area contributed by atoms with Crippen LogP contribution in [0.4, 0.5) is 5.69 Å². The lowest BCUT2D eigenvalue weighted by molar-refractivity contribution is 0.0974. The second-order valence-corrected chi connectivity index (χ2v) is 7.46. The highest BCUT2D eigenvalue weighted by Crippen LogP contribution is 2.24. The number of rotatable bonds is 7. The van der Waals surface area contributed by atoms with E-state index in [-0.39, 0.29) is 18.2 Å². The summed E-state index contributed by atoms with van der Waals surface area (Å²) in [6.45, 7) is 2.32. The predicted octanol–water partition coefficient (Wildman–Crippen LogP) is 6.06. The summed E-state index contributed by atoms with van der Waals surface area (Å²) in [6.07, 6.45) is 0. The minimum Gasteiger partial charge on any atom is -0.489 e. The number of hydrogen-bond donors (Lipinski definition) is 0. The molecule has 0 fully saturated rings. The largest absolute Gasteiger partial charge is 0.489 e. The Labute approximate surface area is 185 Å². The van der Waals surface area contributed by atoms with Crippen LogP contribution in [0, 0.1) is 6.92 Å². The number of carbonyl (C=O) groups excluding carboxylic acids is 1. The molecule has 1 amide bonds. The van der Waals surface area contributed by atoms with E-state index < -0.39 is 0 Å². The molecule has 0 bridgehead atoms. The lowest BCUT2D eigenvalue weighted by Gasteiger charge is -2.22. The molecule has 0 aliphatic carbocycles. The normalized spacial score (nSPS) is 10.6. The van der Waals surface area contributed by atoms with Crippen molar-refractivity contribution in [1.29, 1.82) is 0 Å². The first-order valence-corrected chi connectivity index (χ1v) is 10.2. The lowest BCUT2D eigenvalue weighted by atomic mass is 10.1. The Balaban J connectivity index is 1.62. The van der Waals surface area contributed by atoms with Crippen LogP contribution in [0.15, 0.2) is 89.5 Å². The zero-order valence-corrected chi connectivity index (χ0v) is 17.8. The van der Waals surface area contributed by atoms with E-state index >= 15 is 0 Å². The maximum absolute atomic E-state index is 13.6. The molecule has 31 heavy (non-hydrogen) atoms. The van der Waals surface area contributed by atoms with Gasteiger partial charge in [0.25, 0.3) is 5.91 Å². The molecule has 1 heterocycles. The maximum Gasteiger partial charge on any atom is 0.281 e. The molecule has 6 heteroatoms. The molecule has 0 unspecified atom stereocenters. The number of aromatic nitrogens is 1. The predicted molar refractivity (Wildman–Crippen MR) is 120 cm³/mol. The third-order valence-electron chi connectivity index (χ3n) is 4.86. The van der Waals surface area contributed by atoms with Crippen molar-refractivity contribution in [3.05, 3.63) is 113 Å². The number of benzene rings is 3. The topological polar surface area (TPSA) is 55.6 Å². The van der Waals surface area contributed by atoms with Gasteiger partial charge in [-0.3, -0.25) is 4.79 Å². The van der Waals surface area contributed by atoms with Gasteiger partial charge in [-0.2, -0.15) is 0 Å². The number of anilines is 1. The third kappa shape index (κ3) is 4.95. The van der Waals surface area contributed by atoms with Crippen molar-refractivity contribution < 1.29 is 14.1 Å². The molecular weight excluding hydrogens is 412 g/mol. The summed E-state index contributed by atoms with van der Waals surface area (Å²) in [5.41, 5.74) is 2.63. The standard InChI is InChI=1S/C25H21ClN2O3/c1-18-23(17-30-22-14-8-11-20(26)15-22)24(27-31-18)25(29)28(21-12-6-3-7-13-21)16-19-9-4-2-5-10-19/h2-15H,16-17H2,1H3. The van der Waals surface area contributed by atoms with Crippen LogP contribution in [0.2, 0.25) is 5.02 Å². The SMILES string of the molecule is Cc1onc(C(=O)N(Cc2ccccc2)c2ccccc2)c1COc1cccc(Cl)c1. The Kier molecular flexibility index (Phi) is 6.34. The Morgan fingerprint density at radius 3 is 2.42 bits per heavy atom. The fourth-order valence-corrected chi connectivity index (χ4v) is 3.40. The highest BCUT2D eigenvalue weighted by Gasteiger charge is 2.26. The Hall–Kier alpha value is -3.57. The van der Waals surface area contributed by atoms with Gasteiger partial charge in [0.15, 0.2) is 5.69 Å². The van der Waals surface area contributed by atoms with Gasteiger partial charge in [0.2, 0.25) is 0 Å². The number of carbonyl (C=O) groups is 1. The van der Waals surface area contributed by atoms with E-state index in [0.717, 1.165) is 11.3 Å². The van der Waals surface area contributed by atoms with E-state index in [2.05, 4.69) is 5.16 Å². The maximum atomic E-state index is 13.6. The summed E-state index contributed by atoms with van der Waals surface area (Å²) < 4.78 is 11.2. The van der Waals surface area contributed by atoms with Gasteiger partial charge in [-0.05, 0) is 42.8 Å². The molecule has 3 aromatic carbocycles. The first-order valence-electron chi connectivity index (χ1n) is 9.86. The van der Waals surface area contributed by atoms with Gasteiger partial charge in [-0.1, -0.05) is 71.4 Å². The fourth-order valence-electron chi connectivity index (χ4n) is 3.22. The van der Waals surface area contributed by atoms with Gasteiger partial charge < -0.3 is 14.2 Å². The molecule has 4 aromatic rings. The van der Waals surface area contributed by atoms with Crippen molar-refractivity contribution in [2.75, 3.05) is 4.90 Å². The lowest BCUT2D eigenvalue weighted by Crippen LogP contribution is -2.31. The van der Waals surface area contributed by atoms with Gasteiger partial charge >= 0.3 is 0 Å². The average molecular weight is 433 g/mol. The molecule has 156 valence electrons. The first-order chi connectivity index (χ1) is 15.1. The van der Waals surface area contributed by atoms with E-state index in [1.807, 2.05) is 66.7 Å².